The van der Waals surface area contributed by atoms with Crippen LogP contribution in [0.3, 0.4) is 0 Å². The van der Waals surface area contributed by atoms with Gasteiger partial charge in [-0.15, -0.1) is 0 Å². The van der Waals surface area contributed by atoms with Crippen LogP contribution in [0.2, 0.25) is 0 Å². The first-order valence-corrected chi connectivity index (χ1v) is 9.56. The van der Waals surface area contributed by atoms with Crippen LogP contribution in [0.15, 0.2) is 30.3 Å². The first kappa shape index (κ1) is 17.7. The van der Waals surface area contributed by atoms with E-state index in [0.29, 0.717) is 12.0 Å². The van der Waals surface area contributed by atoms with Crippen molar-refractivity contribution >= 4 is 17.5 Å². The van der Waals surface area contributed by atoms with Gasteiger partial charge in [-0.3, -0.25) is 0 Å². The molecular formula is C21H30N4. The van der Waals surface area contributed by atoms with Crippen molar-refractivity contribution in [1.82, 2.24) is 9.97 Å². The minimum absolute atomic E-state index is 0.470. The van der Waals surface area contributed by atoms with Crippen molar-refractivity contribution in [3.05, 3.63) is 41.6 Å². The van der Waals surface area contributed by atoms with Gasteiger partial charge in [0.1, 0.15) is 5.82 Å². The minimum Gasteiger partial charge on any atom is -0.340 e. The van der Waals surface area contributed by atoms with Gasteiger partial charge < -0.3 is 10.2 Å². The Balaban J connectivity index is 1.90. The van der Waals surface area contributed by atoms with Gasteiger partial charge in [-0.05, 0) is 50.2 Å². The van der Waals surface area contributed by atoms with Gasteiger partial charge in [0.2, 0.25) is 5.95 Å². The fraction of sp³-hybridized carbons (Fsp3) is 0.524. The Labute approximate surface area is 151 Å². The molecule has 4 nitrogen and oxygen atoms in total. The predicted molar refractivity (Wildman–Crippen MR) is 106 cm³/mol. The van der Waals surface area contributed by atoms with E-state index in [0.717, 1.165) is 36.1 Å². The summed E-state index contributed by atoms with van der Waals surface area (Å²) in [7, 11) is 0. The van der Waals surface area contributed by atoms with Gasteiger partial charge in [-0.1, -0.05) is 39.0 Å². The van der Waals surface area contributed by atoms with Gasteiger partial charge >= 0.3 is 0 Å². The van der Waals surface area contributed by atoms with Crippen LogP contribution in [0.4, 0.5) is 17.5 Å². The number of piperidine rings is 1. The first-order chi connectivity index (χ1) is 12.1. The van der Waals surface area contributed by atoms with E-state index in [1.54, 1.807) is 0 Å². The lowest BCUT2D eigenvalue weighted by molar-refractivity contribution is 0.443. The molecule has 0 aliphatic carbocycles. The van der Waals surface area contributed by atoms with Crippen molar-refractivity contribution in [3.63, 3.8) is 0 Å². The van der Waals surface area contributed by atoms with E-state index in [2.05, 4.69) is 62.2 Å². The zero-order valence-electron chi connectivity index (χ0n) is 15.9. The molecular weight excluding hydrogens is 308 g/mol. The van der Waals surface area contributed by atoms with Gasteiger partial charge in [-0.25, -0.2) is 4.98 Å². The van der Waals surface area contributed by atoms with Gasteiger partial charge in [-0.2, -0.15) is 4.98 Å². The molecule has 1 unspecified atom stereocenters. The molecule has 1 aliphatic heterocycles. The van der Waals surface area contributed by atoms with Crippen LogP contribution < -0.4 is 10.2 Å². The summed E-state index contributed by atoms with van der Waals surface area (Å²) in [5.74, 6) is 2.23. The molecule has 1 aromatic carbocycles. The molecule has 25 heavy (non-hydrogen) atoms. The molecule has 1 aromatic heterocycles. The minimum atomic E-state index is 0.470. The Hall–Kier alpha value is -2.10. The van der Waals surface area contributed by atoms with E-state index in [1.807, 2.05) is 6.07 Å². The van der Waals surface area contributed by atoms with Crippen LogP contribution in [-0.2, 0) is 0 Å². The number of nitrogens with one attached hydrogen (secondary N) is 1. The zero-order chi connectivity index (χ0) is 17.8. The zero-order valence-corrected chi connectivity index (χ0v) is 15.9. The number of aromatic nitrogens is 2. The summed E-state index contributed by atoms with van der Waals surface area (Å²) < 4.78 is 0. The second-order valence-electron chi connectivity index (χ2n) is 7.31. The second-order valence-corrected chi connectivity index (χ2v) is 7.31. The van der Waals surface area contributed by atoms with Crippen molar-refractivity contribution in [2.75, 3.05) is 16.8 Å². The van der Waals surface area contributed by atoms with Gasteiger partial charge in [0, 0.05) is 30.0 Å². The van der Waals surface area contributed by atoms with Crippen molar-refractivity contribution in [2.45, 2.75) is 65.3 Å². The number of aryl methyl sites for hydroxylation is 1. The molecule has 1 N–H and O–H groups in total. The van der Waals surface area contributed by atoms with Crippen LogP contribution in [0, 0.1) is 6.92 Å². The maximum atomic E-state index is 4.85. The molecule has 0 spiro atoms. The van der Waals surface area contributed by atoms with Crippen molar-refractivity contribution in [3.8, 4) is 0 Å². The number of hydrogen-bond acceptors (Lipinski definition) is 4. The fourth-order valence-electron chi connectivity index (χ4n) is 3.69. The largest absolute Gasteiger partial charge is 0.340 e. The summed E-state index contributed by atoms with van der Waals surface area (Å²) in [4.78, 5) is 12.0. The number of benzene rings is 1. The molecule has 134 valence electrons. The normalized spacial score (nSPS) is 17.8. The fourth-order valence-corrected chi connectivity index (χ4v) is 3.69. The second kappa shape index (κ2) is 7.85. The summed E-state index contributed by atoms with van der Waals surface area (Å²) in [6.07, 6.45) is 4.93. The Morgan fingerprint density at radius 2 is 2.00 bits per heavy atom. The highest BCUT2D eigenvalue weighted by Gasteiger charge is 2.23. The molecule has 1 aliphatic rings. The van der Waals surface area contributed by atoms with Crippen molar-refractivity contribution in [2.24, 2.45) is 0 Å². The summed E-state index contributed by atoms with van der Waals surface area (Å²) in [5.41, 5.74) is 3.45. The van der Waals surface area contributed by atoms with E-state index in [9.17, 15) is 0 Å². The van der Waals surface area contributed by atoms with Gasteiger partial charge in [0.25, 0.3) is 0 Å². The number of anilines is 3. The third kappa shape index (κ3) is 4.12. The van der Waals surface area contributed by atoms with E-state index in [4.69, 9.17) is 9.97 Å². The Morgan fingerprint density at radius 3 is 2.76 bits per heavy atom. The summed E-state index contributed by atoms with van der Waals surface area (Å²) in [6, 6.07) is 11.1. The highest BCUT2D eigenvalue weighted by molar-refractivity contribution is 5.62. The van der Waals surface area contributed by atoms with Crippen LogP contribution in [-0.4, -0.2) is 22.6 Å². The van der Waals surface area contributed by atoms with Gasteiger partial charge in [0.15, 0.2) is 0 Å². The smallest absolute Gasteiger partial charge is 0.227 e. The quantitative estimate of drug-likeness (QED) is 0.790. The number of hydrogen-bond donors (Lipinski definition) is 1. The van der Waals surface area contributed by atoms with Crippen LogP contribution in [0.5, 0.6) is 0 Å². The molecule has 2 heterocycles. The Morgan fingerprint density at radius 1 is 1.20 bits per heavy atom. The average molecular weight is 338 g/mol. The number of rotatable bonds is 5. The maximum absolute atomic E-state index is 4.85. The Bertz CT molecular complexity index is 711. The SMILES string of the molecule is CCC1CCCCN1c1nc(C)cc(Nc2ccccc2C(C)C)n1. The van der Waals surface area contributed by atoms with E-state index >= 15 is 0 Å². The van der Waals surface area contributed by atoms with Gasteiger partial charge in [0.05, 0.1) is 0 Å². The molecule has 0 amide bonds. The van der Waals surface area contributed by atoms with E-state index < -0.39 is 0 Å². The number of nitrogens with zero attached hydrogens (tertiary/aromatic N) is 3. The summed E-state index contributed by atoms with van der Waals surface area (Å²) in [5, 5.41) is 3.53. The summed E-state index contributed by atoms with van der Waals surface area (Å²) >= 11 is 0. The topological polar surface area (TPSA) is 41.1 Å². The van der Waals surface area contributed by atoms with Crippen molar-refractivity contribution in [1.29, 1.82) is 0 Å². The molecule has 3 rings (SSSR count). The van der Waals surface area contributed by atoms with Crippen LogP contribution >= 0.6 is 0 Å². The lowest BCUT2D eigenvalue weighted by atomic mass is 10.0. The molecule has 1 fully saturated rings. The van der Waals surface area contributed by atoms with Crippen molar-refractivity contribution < 1.29 is 0 Å². The van der Waals surface area contributed by atoms with Crippen LogP contribution in [0.25, 0.3) is 0 Å². The molecule has 0 radical (unpaired) electrons. The monoisotopic (exact) mass is 338 g/mol. The third-order valence-corrected chi connectivity index (χ3v) is 5.04. The first-order valence-electron chi connectivity index (χ1n) is 9.56. The lowest BCUT2D eigenvalue weighted by Crippen LogP contribution is -2.40. The molecule has 2 aromatic rings. The lowest BCUT2D eigenvalue weighted by Gasteiger charge is -2.35. The highest BCUT2D eigenvalue weighted by atomic mass is 15.3. The predicted octanol–water partition coefficient (Wildman–Crippen LogP) is 5.42. The Kier molecular flexibility index (Phi) is 5.57. The third-order valence-electron chi connectivity index (χ3n) is 5.04. The van der Waals surface area contributed by atoms with E-state index in [-0.39, 0.29) is 0 Å². The molecule has 1 saturated heterocycles. The number of para-hydroxylation sites is 1. The van der Waals surface area contributed by atoms with Crippen LogP contribution in [0.1, 0.15) is 63.6 Å². The standard InChI is InChI=1S/C21H30N4/c1-5-17-10-8-9-13-25(17)21-22-16(4)14-20(24-21)23-19-12-7-6-11-18(19)15(2)3/h6-7,11-12,14-15,17H,5,8-10,13H2,1-4H3,(H,22,23,24). The molecule has 0 bridgehead atoms. The molecule has 4 heteroatoms. The maximum Gasteiger partial charge on any atom is 0.227 e. The molecule has 0 saturated carbocycles. The highest BCUT2D eigenvalue weighted by Crippen LogP contribution is 2.29. The van der Waals surface area contributed by atoms with E-state index in [1.165, 1.54) is 24.8 Å². The average Bonchev–Trinajstić information content (AvgIpc) is 2.61. The molecule has 1 atom stereocenters. The summed E-state index contributed by atoms with van der Waals surface area (Å²) in [6.45, 7) is 9.81.